The summed E-state index contributed by atoms with van der Waals surface area (Å²) in [5.74, 6) is 1.92. The van der Waals surface area contributed by atoms with E-state index in [1.165, 1.54) is 0 Å². The Labute approximate surface area is 123 Å². The number of hydrogen-bond acceptors (Lipinski definition) is 3. The fourth-order valence-electron chi connectivity index (χ4n) is 2.70. The van der Waals surface area contributed by atoms with E-state index >= 15 is 0 Å². The van der Waals surface area contributed by atoms with Gasteiger partial charge in [0.25, 0.3) is 5.91 Å². The molecule has 1 aliphatic rings. The molecule has 3 heterocycles. The van der Waals surface area contributed by atoms with Gasteiger partial charge in [0.1, 0.15) is 5.82 Å². The normalized spacial score (nSPS) is 23.2. The molecule has 1 amide bonds. The molecule has 2 aromatic heterocycles. The average Bonchev–Trinajstić information content (AvgIpc) is 2.79. The van der Waals surface area contributed by atoms with Gasteiger partial charge in [-0.3, -0.25) is 4.79 Å². The van der Waals surface area contributed by atoms with E-state index in [2.05, 4.69) is 18.8 Å². The molecule has 0 aliphatic carbocycles. The van der Waals surface area contributed by atoms with Gasteiger partial charge in [-0.05, 0) is 26.0 Å². The predicted octanol–water partition coefficient (Wildman–Crippen LogP) is 2.61. The zero-order chi connectivity index (χ0) is 14.3. The second-order valence-electron chi connectivity index (χ2n) is 5.28. The molecular weight excluding hydrogens is 270 g/mol. The second kappa shape index (κ2) is 5.13. The zero-order valence-electron chi connectivity index (χ0n) is 12.0. The quantitative estimate of drug-likeness (QED) is 0.810. The number of fused-ring (bicyclic) bond motifs is 1. The molecule has 20 heavy (non-hydrogen) atoms. The maximum atomic E-state index is 12.8. The summed E-state index contributed by atoms with van der Waals surface area (Å²) in [6, 6.07) is 6.12. The molecule has 0 N–H and O–H groups in total. The van der Waals surface area contributed by atoms with Gasteiger partial charge in [0.2, 0.25) is 0 Å². The number of nitrogens with zero attached hydrogens (tertiary/aromatic N) is 3. The number of aryl methyl sites for hydroxylation is 1. The lowest BCUT2D eigenvalue weighted by molar-refractivity contribution is 0.0694. The van der Waals surface area contributed by atoms with Crippen molar-refractivity contribution in [2.75, 3.05) is 12.3 Å². The molecule has 2 aromatic rings. The van der Waals surface area contributed by atoms with Crippen molar-refractivity contribution in [1.29, 1.82) is 0 Å². The minimum atomic E-state index is 0.0569. The van der Waals surface area contributed by atoms with Gasteiger partial charge in [-0.25, -0.2) is 4.98 Å². The smallest absolute Gasteiger partial charge is 0.275 e. The van der Waals surface area contributed by atoms with Crippen LogP contribution in [0.2, 0.25) is 0 Å². The highest BCUT2D eigenvalue weighted by molar-refractivity contribution is 8.00. The van der Waals surface area contributed by atoms with E-state index in [0.717, 1.165) is 23.6 Å². The van der Waals surface area contributed by atoms with Crippen molar-refractivity contribution >= 4 is 23.2 Å². The minimum Gasteiger partial charge on any atom is -0.333 e. The number of pyridine rings is 1. The Morgan fingerprint density at radius 3 is 3.00 bits per heavy atom. The molecule has 2 atom stereocenters. The van der Waals surface area contributed by atoms with E-state index in [-0.39, 0.29) is 11.9 Å². The van der Waals surface area contributed by atoms with Crippen molar-refractivity contribution in [2.45, 2.75) is 32.1 Å². The van der Waals surface area contributed by atoms with E-state index < -0.39 is 0 Å². The van der Waals surface area contributed by atoms with Crippen LogP contribution in [0, 0.1) is 6.92 Å². The van der Waals surface area contributed by atoms with E-state index in [9.17, 15) is 4.79 Å². The van der Waals surface area contributed by atoms with Crippen LogP contribution in [0.5, 0.6) is 0 Å². The first-order valence-electron chi connectivity index (χ1n) is 6.96. The lowest BCUT2D eigenvalue weighted by Crippen LogP contribution is -2.48. The molecule has 1 aliphatic heterocycles. The van der Waals surface area contributed by atoms with Gasteiger partial charge in [-0.2, -0.15) is 11.8 Å². The first-order valence-corrected chi connectivity index (χ1v) is 8.00. The van der Waals surface area contributed by atoms with Gasteiger partial charge in [0, 0.05) is 29.8 Å². The highest BCUT2D eigenvalue weighted by Crippen LogP contribution is 2.26. The van der Waals surface area contributed by atoms with E-state index in [4.69, 9.17) is 0 Å². The summed E-state index contributed by atoms with van der Waals surface area (Å²) in [7, 11) is 0. The van der Waals surface area contributed by atoms with Gasteiger partial charge in [-0.15, -0.1) is 0 Å². The Morgan fingerprint density at radius 1 is 1.40 bits per heavy atom. The second-order valence-corrected chi connectivity index (χ2v) is 6.76. The molecule has 0 saturated carbocycles. The Kier molecular flexibility index (Phi) is 3.46. The van der Waals surface area contributed by atoms with E-state index in [0.29, 0.717) is 10.9 Å². The van der Waals surface area contributed by atoms with Gasteiger partial charge in [0.15, 0.2) is 5.69 Å². The zero-order valence-corrected chi connectivity index (χ0v) is 12.9. The molecule has 5 heteroatoms. The first-order chi connectivity index (χ1) is 9.59. The first kappa shape index (κ1) is 13.5. The van der Waals surface area contributed by atoms with Crippen LogP contribution in [0.25, 0.3) is 5.52 Å². The topological polar surface area (TPSA) is 37.6 Å². The van der Waals surface area contributed by atoms with Crippen LogP contribution < -0.4 is 0 Å². The van der Waals surface area contributed by atoms with Crippen LogP contribution in [0.3, 0.4) is 0 Å². The summed E-state index contributed by atoms with van der Waals surface area (Å²) >= 11 is 1.93. The largest absolute Gasteiger partial charge is 0.333 e. The molecule has 1 fully saturated rings. The number of aromatic nitrogens is 2. The molecule has 0 bridgehead atoms. The van der Waals surface area contributed by atoms with Gasteiger partial charge in [-0.1, -0.05) is 13.0 Å². The third-order valence-corrected chi connectivity index (χ3v) is 5.41. The molecule has 0 spiro atoms. The fourth-order valence-corrected chi connectivity index (χ4v) is 3.80. The van der Waals surface area contributed by atoms with Gasteiger partial charge >= 0.3 is 0 Å². The fraction of sp³-hybridized carbons (Fsp3) is 0.467. The van der Waals surface area contributed by atoms with Crippen LogP contribution >= 0.6 is 11.8 Å². The molecule has 1 saturated heterocycles. The molecule has 4 nitrogen and oxygen atoms in total. The Balaban J connectivity index is 2.00. The number of imidazole rings is 1. The lowest BCUT2D eigenvalue weighted by Gasteiger charge is -2.37. The van der Waals surface area contributed by atoms with Crippen molar-refractivity contribution in [3.8, 4) is 0 Å². The standard InChI is InChI=1S/C15H19N3OS/c1-10-11(2)20-9-8-17(10)15(19)14-13-6-4-5-7-18(13)12(3)16-14/h4-7,10-11H,8-9H2,1-3H3/t10-,11-/m1/s1. The number of carbonyl (C=O) groups is 1. The van der Waals surface area contributed by atoms with Crippen molar-refractivity contribution in [1.82, 2.24) is 14.3 Å². The lowest BCUT2D eigenvalue weighted by atomic mass is 10.2. The SMILES string of the molecule is Cc1nc(C(=O)N2CCS[C@H](C)[C@H]2C)c2ccccn12. The van der Waals surface area contributed by atoms with Crippen molar-refractivity contribution in [3.05, 3.63) is 35.9 Å². The summed E-state index contributed by atoms with van der Waals surface area (Å²) in [6.45, 7) is 7.05. The van der Waals surface area contributed by atoms with Crippen molar-refractivity contribution in [2.24, 2.45) is 0 Å². The monoisotopic (exact) mass is 289 g/mol. The van der Waals surface area contributed by atoms with Crippen LogP contribution in [0.15, 0.2) is 24.4 Å². The highest BCUT2D eigenvalue weighted by Gasteiger charge is 2.31. The number of thioether (sulfide) groups is 1. The summed E-state index contributed by atoms with van der Waals surface area (Å²) in [5.41, 5.74) is 1.47. The van der Waals surface area contributed by atoms with E-state index in [1.54, 1.807) is 0 Å². The van der Waals surface area contributed by atoms with Crippen molar-refractivity contribution < 1.29 is 4.79 Å². The summed E-state index contributed by atoms with van der Waals surface area (Å²) < 4.78 is 1.97. The maximum absolute atomic E-state index is 12.8. The van der Waals surface area contributed by atoms with Crippen LogP contribution in [-0.4, -0.2) is 43.8 Å². The summed E-state index contributed by atoms with van der Waals surface area (Å²) in [5, 5.41) is 0.475. The third-order valence-electron chi connectivity index (χ3n) is 4.07. The Bertz CT molecular complexity index is 652. The molecule has 0 unspecified atom stereocenters. The maximum Gasteiger partial charge on any atom is 0.275 e. The molecule has 3 rings (SSSR count). The van der Waals surface area contributed by atoms with Gasteiger partial charge < -0.3 is 9.30 Å². The summed E-state index contributed by atoms with van der Waals surface area (Å²) in [4.78, 5) is 19.3. The number of amides is 1. The van der Waals surface area contributed by atoms with Gasteiger partial charge in [0.05, 0.1) is 5.52 Å². The molecular formula is C15H19N3OS. The average molecular weight is 289 g/mol. The van der Waals surface area contributed by atoms with Crippen LogP contribution in [0.1, 0.15) is 30.2 Å². The Morgan fingerprint density at radius 2 is 2.20 bits per heavy atom. The minimum absolute atomic E-state index is 0.0569. The molecule has 0 aromatic carbocycles. The molecule has 106 valence electrons. The summed E-state index contributed by atoms with van der Waals surface area (Å²) in [6.07, 6.45) is 1.95. The third kappa shape index (κ3) is 2.10. The van der Waals surface area contributed by atoms with E-state index in [1.807, 2.05) is 52.4 Å². The van der Waals surface area contributed by atoms with Crippen LogP contribution in [-0.2, 0) is 0 Å². The van der Waals surface area contributed by atoms with Crippen LogP contribution in [0.4, 0.5) is 0 Å². The highest BCUT2D eigenvalue weighted by atomic mass is 32.2. The number of carbonyl (C=O) groups excluding carboxylic acids is 1. The predicted molar refractivity (Wildman–Crippen MR) is 82.3 cm³/mol. The number of rotatable bonds is 1. The van der Waals surface area contributed by atoms with Crippen molar-refractivity contribution in [3.63, 3.8) is 0 Å². The number of hydrogen-bond donors (Lipinski definition) is 0. The Hall–Kier alpha value is -1.49. The molecule has 0 radical (unpaired) electrons.